The Bertz CT molecular complexity index is 1160. The van der Waals surface area contributed by atoms with E-state index in [2.05, 4.69) is 10.2 Å². The number of aromatic nitrogens is 2. The summed E-state index contributed by atoms with van der Waals surface area (Å²) >= 11 is 0. The standard InChI is InChI=1S/C19H20N4O8/c1-4-11(26)31-6-5-22-18(29)12(8(2)20-22)14-16(27)15(17(14)28)13-9(3)21-23(19(13)30)7-10(24)25/h21,27H,4-7H2,1-3H3,(H,24,25). The molecule has 31 heavy (non-hydrogen) atoms. The lowest BCUT2D eigenvalue weighted by atomic mass is 9.80. The van der Waals surface area contributed by atoms with Crippen LogP contribution in [0.1, 0.15) is 31.5 Å². The van der Waals surface area contributed by atoms with Crippen LogP contribution in [0, 0.1) is 6.92 Å². The highest BCUT2D eigenvalue weighted by molar-refractivity contribution is 6.44. The molecule has 0 bridgehead atoms. The number of aromatic amines is 1. The average Bonchev–Trinajstić information content (AvgIpc) is 3.12. The number of carbonyl (C=O) groups excluding carboxylic acids is 3. The fourth-order valence-corrected chi connectivity index (χ4v) is 3.36. The molecule has 0 saturated carbocycles. The van der Waals surface area contributed by atoms with Crippen molar-refractivity contribution in [1.82, 2.24) is 14.8 Å². The van der Waals surface area contributed by atoms with E-state index < -0.39 is 41.5 Å². The number of esters is 1. The molecule has 0 aromatic carbocycles. The van der Waals surface area contributed by atoms with Gasteiger partial charge in [-0.05, 0) is 13.8 Å². The van der Waals surface area contributed by atoms with Gasteiger partial charge in [0.2, 0.25) is 5.78 Å². The number of amides is 1. The Kier molecular flexibility index (Phi) is 5.64. The summed E-state index contributed by atoms with van der Waals surface area (Å²) in [4.78, 5) is 60.0. The topological polar surface area (TPSA) is 171 Å². The Morgan fingerprint density at radius 3 is 2.39 bits per heavy atom. The molecule has 3 rings (SSSR count). The van der Waals surface area contributed by atoms with Crippen LogP contribution in [0.4, 0.5) is 0 Å². The largest absolute Gasteiger partial charge is 0.506 e. The number of nitrogens with one attached hydrogen (secondary N) is 1. The first-order valence-corrected chi connectivity index (χ1v) is 9.35. The number of ether oxygens (including phenoxy) is 1. The van der Waals surface area contributed by atoms with Crippen LogP contribution >= 0.6 is 0 Å². The number of hydrazone groups is 1. The van der Waals surface area contributed by atoms with Crippen molar-refractivity contribution < 1.29 is 34.1 Å². The van der Waals surface area contributed by atoms with Gasteiger partial charge in [-0.1, -0.05) is 6.92 Å². The molecule has 1 aliphatic carbocycles. The monoisotopic (exact) mass is 432 g/mol. The van der Waals surface area contributed by atoms with Gasteiger partial charge in [-0.3, -0.25) is 29.1 Å². The van der Waals surface area contributed by atoms with Gasteiger partial charge in [-0.25, -0.2) is 9.69 Å². The van der Waals surface area contributed by atoms with Gasteiger partial charge in [-0.15, -0.1) is 0 Å². The van der Waals surface area contributed by atoms with Crippen molar-refractivity contribution in [2.45, 2.75) is 33.7 Å². The van der Waals surface area contributed by atoms with Crippen molar-refractivity contribution in [2.75, 3.05) is 13.2 Å². The second-order valence-corrected chi connectivity index (χ2v) is 6.89. The molecule has 2 aliphatic rings. The maximum absolute atomic E-state index is 12.8. The predicted molar refractivity (Wildman–Crippen MR) is 105 cm³/mol. The third-order valence-electron chi connectivity index (χ3n) is 4.79. The molecular formula is C19H20N4O8. The van der Waals surface area contributed by atoms with Crippen molar-refractivity contribution in [1.29, 1.82) is 0 Å². The first-order chi connectivity index (χ1) is 14.6. The lowest BCUT2D eigenvalue weighted by Gasteiger charge is -2.22. The van der Waals surface area contributed by atoms with Crippen molar-refractivity contribution in [2.24, 2.45) is 5.10 Å². The molecule has 1 aromatic rings. The Balaban J connectivity index is 1.92. The van der Waals surface area contributed by atoms with E-state index in [-0.39, 0.29) is 53.3 Å². The van der Waals surface area contributed by atoms with Gasteiger partial charge < -0.3 is 14.9 Å². The van der Waals surface area contributed by atoms with Crippen LogP contribution in [0.2, 0.25) is 0 Å². The van der Waals surface area contributed by atoms with E-state index >= 15 is 0 Å². The number of aryl methyl sites for hydroxylation is 1. The van der Waals surface area contributed by atoms with Crippen molar-refractivity contribution in [3.63, 3.8) is 0 Å². The van der Waals surface area contributed by atoms with E-state index in [0.29, 0.717) is 0 Å². The van der Waals surface area contributed by atoms with E-state index in [4.69, 9.17) is 9.84 Å². The summed E-state index contributed by atoms with van der Waals surface area (Å²) in [5, 5.41) is 27.0. The zero-order chi connectivity index (χ0) is 23.0. The zero-order valence-corrected chi connectivity index (χ0v) is 17.0. The second-order valence-electron chi connectivity index (χ2n) is 6.89. The molecule has 0 unspecified atom stereocenters. The average molecular weight is 432 g/mol. The summed E-state index contributed by atoms with van der Waals surface area (Å²) in [5.74, 6) is -3.60. The van der Waals surface area contributed by atoms with Crippen LogP contribution in [-0.4, -0.2) is 67.5 Å². The minimum Gasteiger partial charge on any atom is -0.506 e. The van der Waals surface area contributed by atoms with Crippen LogP contribution < -0.4 is 5.56 Å². The minimum absolute atomic E-state index is 0.0268. The predicted octanol–water partition coefficient (Wildman–Crippen LogP) is -0.111. The Morgan fingerprint density at radius 1 is 1.13 bits per heavy atom. The SMILES string of the molecule is CCC(=O)OCCN1N=C(C)C(=C2C(=O)C(c3c(C)[nH]n(CC(=O)O)c3=O)=C2O)C1=O. The molecule has 0 spiro atoms. The number of aliphatic carboxylic acids is 1. The van der Waals surface area contributed by atoms with Crippen LogP contribution in [0.25, 0.3) is 5.57 Å². The van der Waals surface area contributed by atoms with Crippen molar-refractivity contribution in [3.05, 3.63) is 38.5 Å². The molecule has 12 heteroatoms. The van der Waals surface area contributed by atoms with Crippen LogP contribution in [-0.2, 0) is 30.5 Å². The number of hydrogen-bond donors (Lipinski definition) is 3. The summed E-state index contributed by atoms with van der Waals surface area (Å²) < 4.78 is 5.72. The van der Waals surface area contributed by atoms with Crippen molar-refractivity contribution in [3.8, 4) is 0 Å². The van der Waals surface area contributed by atoms with E-state index in [1.165, 1.54) is 13.8 Å². The van der Waals surface area contributed by atoms with E-state index in [1.807, 2.05) is 0 Å². The Hall–Kier alpha value is -3.96. The summed E-state index contributed by atoms with van der Waals surface area (Å²) in [7, 11) is 0. The van der Waals surface area contributed by atoms with Gasteiger partial charge >= 0.3 is 11.9 Å². The van der Waals surface area contributed by atoms with Gasteiger partial charge in [0, 0.05) is 12.1 Å². The molecular weight excluding hydrogens is 412 g/mol. The number of Topliss-reactive ketones (excluding diaryl/α,β-unsaturated/α-hetero) is 1. The number of allylic oxidation sites excluding steroid dienone is 2. The van der Waals surface area contributed by atoms with Gasteiger partial charge in [0.1, 0.15) is 18.9 Å². The number of aliphatic hydroxyl groups excluding tert-OH is 1. The molecule has 0 saturated heterocycles. The van der Waals surface area contributed by atoms with E-state index in [9.17, 15) is 29.1 Å². The van der Waals surface area contributed by atoms with Gasteiger partial charge in [0.15, 0.2) is 0 Å². The maximum Gasteiger partial charge on any atom is 0.325 e. The summed E-state index contributed by atoms with van der Waals surface area (Å²) in [6.07, 6.45) is 0.189. The third-order valence-corrected chi connectivity index (χ3v) is 4.79. The number of carboxylic acids is 1. The fraction of sp³-hybridized carbons (Fsp3) is 0.368. The number of hydrogen-bond acceptors (Lipinski definition) is 8. The second kappa shape index (κ2) is 8.05. The minimum atomic E-state index is -1.26. The molecule has 1 aromatic heterocycles. The summed E-state index contributed by atoms with van der Waals surface area (Å²) in [6, 6.07) is 0. The first kappa shape index (κ1) is 21.7. The summed E-state index contributed by atoms with van der Waals surface area (Å²) in [5.41, 5.74) is -1.20. The molecule has 0 atom stereocenters. The number of rotatable bonds is 7. The number of nitrogens with zero attached hydrogens (tertiary/aromatic N) is 3. The first-order valence-electron chi connectivity index (χ1n) is 9.35. The summed E-state index contributed by atoms with van der Waals surface area (Å²) in [6.45, 7) is 3.83. The highest BCUT2D eigenvalue weighted by Crippen LogP contribution is 2.39. The lowest BCUT2D eigenvalue weighted by Crippen LogP contribution is -2.32. The number of H-pyrrole nitrogens is 1. The molecule has 1 aliphatic heterocycles. The van der Waals surface area contributed by atoms with Gasteiger partial charge in [0.05, 0.1) is 34.5 Å². The molecule has 12 nitrogen and oxygen atoms in total. The zero-order valence-electron chi connectivity index (χ0n) is 17.0. The molecule has 1 amide bonds. The lowest BCUT2D eigenvalue weighted by molar-refractivity contribution is -0.144. The Morgan fingerprint density at radius 2 is 1.81 bits per heavy atom. The van der Waals surface area contributed by atoms with E-state index in [0.717, 1.165) is 9.69 Å². The molecule has 0 fully saturated rings. The third kappa shape index (κ3) is 3.67. The Labute approximate surface area is 175 Å². The van der Waals surface area contributed by atoms with Crippen molar-refractivity contribution >= 4 is 34.9 Å². The number of ketones is 1. The van der Waals surface area contributed by atoms with Crippen LogP contribution in [0.15, 0.2) is 26.8 Å². The van der Waals surface area contributed by atoms with Gasteiger partial charge in [0.25, 0.3) is 11.5 Å². The molecule has 164 valence electrons. The number of carbonyl (C=O) groups is 4. The fourth-order valence-electron chi connectivity index (χ4n) is 3.36. The highest BCUT2D eigenvalue weighted by Gasteiger charge is 2.44. The quantitative estimate of drug-likeness (QED) is 0.395. The molecule has 2 heterocycles. The van der Waals surface area contributed by atoms with Crippen LogP contribution in [0.3, 0.4) is 0 Å². The molecule has 3 N–H and O–H groups in total. The smallest absolute Gasteiger partial charge is 0.325 e. The maximum atomic E-state index is 12.8. The highest BCUT2D eigenvalue weighted by atomic mass is 16.5. The normalized spacial score (nSPS) is 18.4. The number of aliphatic hydroxyl groups is 1. The van der Waals surface area contributed by atoms with Gasteiger partial charge in [-0.2, -0.15) is 5.10 Å². The molecule has 0 radical (unpaired) electrons. The number of carboxylic acid groups (broad SMARTS) is 1. The van der Waals surface area contributed by atoms with E-state index in [1.54, 1.807) is 6.92 Å². The van der Waals surface area contributed by atoms with Crippen LogP contribution in [0.5, 0.6) is 0 Å².